The zero-order chi connectivity index (χ0) is 18.1. The number of aryl methyl sites for hydroxylation is 3. The second kappa shape index (κ2) is 7.03. The normalized spacial score (nSPS) is 17.9. The molecule has 0 amide bonds. The molecular formula is C20H26N6. The third-order valence-corrected chi connectivity index (χ3v) is 5.16. The Balaban J connectivity index is 1.35. The Kier molecular flexibility index (Phi) is 4.59. The number of hydrogen-bond donors (Lipinski definition) is 1. The second-order valence-corrected chi connectivity index (χ2v) is 7.36. The van der Waals surface area contributed by atoms with Crippen LogP contribution in [0, 0.1) is 19.8 Å². The Hall–Kier alpha value is -2.47. The summed E-state index contributed by atoms with van der Waals surface area (Å²) >= 11 is 0. The molecule has 0 aromatic carbocycles. The lowest BCUT2D eigenvalue weighted by molar-refractivity contribution is 0.318. The maximum Gasteiger partial charge on any atom is 0.157 e. The third-order valence-electron chi connectivity index (χ3n) is 5.16. The molecule has 0 unspecified atom stereocenters. The maximum atomic E-state index is 4.60. The summed E-state index contributed by atoms with van der Waals surface area (Å²) in [6.07, 6.45) is 3.21. The van der Waals surface area contributed by atoms with Crippen LogP contribution >= 0.6 is 0 Å². The number of aromatic nitrogens is 4. The lowest BCUT2D eigenvalue weighted by atomic mass is 10.1. The van der Waals surface area contributed by atoms with Crippen molar-refractivity contribution in [1.82, 2.24) is 24.6 Å². The van der Waals surface area contributed by atoms with Crippen molar-refractivity contribution in [3.05, 3.63) is 47.4 Å². The molecular weight excluding hydrogens is 324 g/mol. The van der Waals surface area contributed by atoms with Crippen LogP contribution in [0.5, 0.6) is 0 Å². The van der Waals surface area contributed by atoms with Gasteiger partial charge in [-0.2, -0.15) is 5.10 Å². The molecule has 1 fully saturated rings. The fourth-order valence-electron chi connectivity index (χ4n) is 3.81. The van der Waals surface area contributed by atoms with E-state index in [1.807, 2.05) is 43.9 Å². The average molecular weight is 350 g/mol. The van der Waals surface area contributed by atoms with Crippen molar-refractivity contribution in [3.63, 3.8) is 0 Å². The van der Waals surface area contributed by atoms with Gasteiger partial charge in [0.05, 0.1) is 5.69 Å². The minimum Gasteiger partial charge on any atom is -0.370 e. The molecule has 136 valence electrons. The van der Waals surface area contributed by atoms with Gasteiger partial charge < -0.3 is 5.32 Å². The monoisotopic (exact) mass is 350 g/mol. The van der Waals surface area contributed by atoms with E-state index in [-0.39, 0.29) is 0 Å². The van der Waals surface area contributed by atoms with Crippen molar-refractivity contribution < 1.29 is 0 Å². The van der Waals surface area contributed by atoms with E-state index in [4.69, 9.17) is 0 Å². The highest BCUT2D eigenvalue weighted by Crippen LogP contribution is 2.22. The van der Waals surface area contributed by atoms with E-state index >= 15 is 0 Å². The number of pyridine rings is 2. The van der Waals surface area contributed by atoms with E-state index in [0.717, 1.165) is 54.4 Å². The molecule has 3 aromatic rings. The second-order valence-electron chi connectivity index (χ2n) is 7.36. The molecule has 0 spiro atoms. The van der Waals surface area contributed by atoms with Gasteiger partial charge in [-0.05, 0) is 56.5 Å². The van der Waals surface area contributed by atoms with Crippen molar-refractivity contribution in [2.24, 2.45) is 13.0 Å². The van der Waals surface area contributed by atoms with Gasteiger partial charge in [0, 0.05) is 44.0 Å². The van der Waals surface area contributed by atoms with Crippen LogP contribution < -0.4 is 5.32 Å². The standard InChI is InChI=1S/C20H26N6/c1-14-5-4-6-19(23-14)21-10-16-7-8-26(12-16)13-17-9-18-15(2)24-25(3)20(18)22-11-17/h4-6,9,11,16H,7-8,10,12-13H2,1-3H3,(H,21,23)/t16-/m0/s1. The number of nitrogens with zero attached hydrogens (tertiary/aromatic N) is 5. The van der Waals surface area contributed by atoms with E-state index in [0.29, 0.717) is 5.92 Å². The molecule has 4 rings (SSSR count). The molecule has 0 saturated carbocycles. The van der Waals surface area contributed by atoms with E-state index in [9.17, 15) is 0 Å². The van der Waals surface area contributed by atoms with Gasteiger partial charge in [-0.25, -0.2) is 9.97 Å². The number of fused-ring (bicyclic) bond motifs is 1. The number of nitrogens with one attached hydrogen (secondary N) is 1. The highest BCUT2D eigenvalue weighted by atomic mass is 15.3. The summed E-state index contributed by atoms with van der Waals surface area (Å²) in [7, 11) is 1.95. The van der Waals surface area contributed by atoms with Crippen LogP contribution in [-0.4, -0.2) is 44.3 Å². The summed E-state index contributed by atoms with van der Waals surface area (Å²) in [5.74, 6) is 1.64. The van der Waals surface area contributed by atoms with E-state index in [1.165, 1.54) is 12.0 Å². The van der Waals surface area contributed by atoms with Gasteiger partial charge in [0.15, 0.2) is 5.65 Å². The zero-order valence-corrected chi connectivity index (χ0v) is 15.7. The minimum atomic E-state index is 0.661. The summed E-state index contributed by atoms with van der Waals surface area (Å²) in [5, 5.41) is 9.11. The first-order valence-electron chi connectivity index (χ1n) is 9.26. The van der Waals surface area contributed by atoms with Crippen LogP contribution in [0.4, 0.5) is 5.82 Å². The summed E-state index contributed by atoms with van der Waals surface area (Å²) in [4.78, 5) is 11.6. The van der Waals surface area contributed by atoms with Gasteiger partial charge in [0.2, 0.25) is 0 Å². The Morgan fingerprint density at radius 2 is 2.15 bits per heavy atom. The molecule has 0 radical (unpaired) electrons. The summed E-state index contributed by atoms with van der Waals surface area (Å²) in [6, 6.07) is 8.36. The van der Waals surface area contributed by atoms with Crippen molar-refractivity contribution in [3.8, 4) is 0 Å². The van der Waals surface area contributed by atoms with Crippen molar-refractivity contribution in [1.29, 1.82) is 0 Å². The number of likely N-dealkylation sites (tertiary alicyclic amines) is 1. The Morgan fingerprint density at radius 1 is 1.27 bits per heavy atom. The predicted octanol–water partition coefficient (Wildman–Crippen LogP) is 2.91. The fourth-order valence-corrected chi connectivity index (χ4v) is 3.81. The van der Waals surface area contributed by atoms with Crippen LogP contribution in [0.25, 0.3) is 11.0 Å². The lowest BCUT2D eigenvalue weighted by Crippen LogP contribution is -2.23. The SMILES string of the molecule is Cc1cccc(NC[C@@H]2CCN(Cc3cnc4c(c3)c(C)nn4C)C2)n1. The molecule has 26 heavy (non-hydrogen) atoms. The summed E-state index contributed by atoms with van der Waals surface area (Å²) < 4.78 is 1.85. The van der Waals surface area contributed by atoms with Crippen molar-refractivity contribution in [2.75, 3.05) is 25.0 Å². The number of anilines is 1. The van der Waals surface area contributed by atoms with Crippen LogP contribution in [0.1, 0.15) is 23.4 Å². The van der Waals surface area contributed by atoms with Gasteiger partial charge in [-0.3, -0.25) is 9.58 Å². The van der Waals surface area contributed by atoms with Crippen molar-refractivity contribution >= 4 is 16.9 Å². The minimum absolute atomic E-state index is 0.661. The van der Waals surface area contributed by atoms with Gasteiger partial charge >= 0.3 is 0 Å². The first-order chi connectivity index (χ1) is 12.6. The third kappa shape index (κ3) is 3.55. The molecule has 0 aliphatic carbocycles. The maximum absolute atomic E-state index is 4.60. The molecule has 4 heterocycles. The molecule has 6 heteroatoms. The first kappa shape index (κ1) is 17.0. The highest BCUT2D eigenvalue weighted by molar-refractivity contribution is 5.78. The average Bonchev–Trinajstić information content (AvgIpc) is 3.18. The summed E-state index contributed by atoms with van der Waals surface area (Å²) in [6.45, 7) is 8.25. The summed E-state index contributed by atoms with van der Waals surface area (Å²) in [5.41, 5.74) is 4.32. The van der Waals surface area contributed by atoms with Gasteiger partial charge in [0.25, 0.3) is 0 Å². The Morgan fingerprint density at radius 3 is 3.00 bits per heavy atom. The molecule has 1 N–H and O–H groups in total. The van der Waals surface area contributed by atoms with Gasteiger partial charge in [-0.1, -0.05) is 6.07 Å². The largest absolute Gasteiger partial charge is 0.370 e. The van der Waals surface area contributed by atoms with E-state index in [1.54, 1.807) is 0 Å². The van der Waals surface area contributed by atoms with Crippen molar-refractivity contribution in [2.45, 2.75) is 26.8 Å². The Labute approximate surface area is 154 Å². The molecule has 1 atom stereocenters. The zero-order valence-electron chi connectivity index (χ0n) is 15.7. The highest BCUT2D eigenvalue weighted by Gasteiger charge is 2.22. The van der Waals surface area contributed by atoms with Gasteiger partial charge in [-0.15, -0.1) is 0 Å². The Bertz CT molecular complexity index is 916. The lowest BCUT2D eigenvalue weighted by Gasteiger charge is -2.16. The van der Waals surface area contributed by atoms with Crippen LogP contribution in [0.2, 0.25) is 0 Å². The topological polar surface area (TPSA) is 58.9 Å². The fraction of sp³-hybridized carbons (Fsp3) is 0.450. The van der Waals surface area contributed by atoms with Crippen LogP contribution in [0.3, 0.4) is 0 Å². The predicted molar refractivity (Wildman–Crippen MR) is 104 cm³/mol. The molecule has 6 nitrogen and oxygen atoms in total. The molecule has 1 aliphatic heterocycles. The van der Waals surface area contributed by atoms with Crippen LogP contribution in [0.15, 0.2) is 30.5 Å². The number of rotatable bonds is 5. The van der Waals surface area contributed by atoms with E-state index in [2.05, 4.69) is 37.4 Å². The molecule has 1 aliphatic rings. The number of hydrogen-bond acceptors (Lipinski definition) is 5. The quantitative estimate of drug-likeness (QED) is 0.767. The molecule has 1 saturated heterocycles. The van der Waals surface area contributed by atoms with Gasteiger partial charge in [0.1, 0.15) is 5.82 Å². The first-order valence-corrected chi connectivity index (χ1v) is 9.26. The van der Waals surface area contributed by atoms with E-state index < -0.39 is 0 Å². The molecule has 3 aromatic heterocycles. The molecule has 0 bridgehead atoms. The smallest absolute Gasteiger partial charge is 0.157 e. The van der Waals surface area contributed by atoms with Crippen LogP contribution in [-0.2, 0) is 13.6 Å².